The van der Waals surface area contributed by atoms with Gasteiger partial charge in [-0.05, 0) is 45.7 Å². The zero-order chi connectivity index (χ0) is 16.8. The number of benzene rings is 1. The molecule has 4 nitrogen and oxygen atoms in total. The summed E-state index contributed by atoms with van der Waals surface area (Å²) in [5, 5.41) is 7.81. The summed E-state index contributed by atoms with van der Waals surface area (Å²) in [7, 11) is 0. The van der Waals surface area contributed by atoms with E-state index in [1.165, 1.54) is 21.6 Å². The van der Waals surface area contributed by atoms with Gasteiger partial charge >= 0.3 is 0 Å². The quantitative estimate of drug-likeness (QED) is 0.650. The Hall–Kier alpha value is -1.88. The van der Waals surface area contributed by atoms with Crippen molar-refractivity contribution in [2.24, 2.45) is 4.99 Å². The number of nitrogens with zero attached hydrogens (tertiary/aromatic N) is 2. The molecule has 0 aliphatic carbocycles. The van der Waals surface area contributed by atoms with E-state index in [2.05, 4.69) is 61.5 Å². The van der Waals surface area contributed by atoms with Crippen molar-refractivity contribution in [1.82, 2.24) is 15.6 Å². The molecule has 0 atom stereocenters. The number of hydrogen-bond donors (Lipinski definition) is 2. The first-order valence-electron chi connectivity index (χ1n) is 8.00. The van der Waals surface area contributed by atoms with Gasteiger partial charge in [-0.15, -0.1) is 11.3 Å². The fourth-order valence-corrected chi connectivity index (χ4v) is 3.31. The third-order valence-electron chi connectivity index (χ3n) is 3.67. The van der Waals surface area contributed by atoms with Crippen LogP contribution >= 0.6 is 11.3 Å². The minimum Gasteiger partial charge on any atom is -0.357 e. The summed E-state index contributed by atoms with van der Waals surface area (Å²) in [5.74, 6) is 0.845. The summed E-state index contributed by atoms with van der Waals surface area (Å²) >= 11 is 1.74. The molecule has 0 bridgehead atoms. The zero-order valence-electron chi connectivity index (χ0n) is 14.7. The predicted octanol–water partition coefficient (Wildman–Crippen LogP) is 3.63. The first-order chi connectivity index (χ1) is 11.0. The number of nitrogens with one attached hydrogen (secondary N) is 2. The van der Waals surface area contributed by atoms with E-state index in [0.717, 1.165) is 29.8 Å². The van der Waals surface area contributed by atoms with Crippen LogP contribution in [0.1, 0.15) is 39.2 Å². The Morgan fingerprint density at radius 3 is 2.57 bits per heavy atom. The maximum Gasteiger partial charge on any atom is 0.191 e. The van der Waals surface area contributed by atoms with Crippen LogP contribution in [0.15, 0.2) is 23.2 Å². The van der Waals surface area contributed by atoms with E-state index in [9.17, 15) is 0 Å². The second kappa shape index (κ2) is 8.11. The lowest BCUT2D eigenvalue weighted by molar-refractivity contribution is 0.818. The van der Waals surface area contributed by atoms with Gasteiger partial charge in [0, 0.05) is 11.4 Å². The fourth-order valence-electron chi connectivity index (χ4n) is 2.43. The van der Waals surface area contributed by atoms with Crippen LogP contribution < -0.4 is 10.6 Å². The number of aliphatic imine (C=N–C) groups is 1. The molecule has 0 unspecified atom stereocenters. The fraction of sp³-hybridized carbons (Fsp3) is 0.444. The molecule has 1 aromatic heterocycles. The van der Waals surface area contributed by atoms with Crippen molar-refractivity contribution in [2.45, 2.75) is 47.7 Å². The van der Waals surface area contributed by atoms with Crippen LogP contribution in [-0.2, 0) is 13.1 Å². The van der Waals surface area contributed by atoms with E-state index in [4.69, 9.17) is 4.99 Å². The summed E-state index contributed by atoms with van der Waals surface area (Å²) in [6.07, 6.45) is 0. The summed E-state index contributed by atoms with van der Waals surface area (Å²) in [6.45, 7) is 12.7. The van der Waals surface area contributed by atoms with Crippen LogP contribution in [0.25, 0.3) is 0 Å². The topological polar surface area (TPSA) is 49.3 Å². The number of thiazole rings is 1. The van der Waals surface area contributed by atoms with Crippen molar-refractivity contribution in [3.63, 3.8) is 0 Å². The van der Waals surface area contributed by atoms with E-state index in [-0.39, 0.29) is 0 Å². The third kappa shape index (κ3) is 5.06. The van der Waals surface area contributed by atoms with Crippen molar-refractivity contribution in [3.8, 4) is 0 Å². The van der Waals surface area contributed by atoms with Crippen molar-refractivity contribution in [3.05, 3.63) is 50.5 Å². The van der Waals surface area contributed by atoms with Crippen LogP contribution in [-0.4, -0.2) is 17.5 Å². The molecule has 0 aliphatic heterocycles. The Morgan fingerprint density at radius 2 is 1.96 bits per heavy atom. The highest BCUT2D eigenvalue weighted by Gasteiger charge is 2.06. The summed E-state index contributed by atoms with van der Waals surface area (Å²) in [6, 6.07) is 6.50. The van der Waals surface area contributed by atoms with Gasteiger partial charge in [-0.25, -0.2) is 9.98 Å². The van der Waals surface area contributed by atoms with Gasteiger partial charge in [-0.2, -0.15) is 0 Å². The highest BCUT2D eigenvalue weighted by molar-refractivity contribution is 7.11. The van der Waals surface area contributed by atoms with Crippen molar-refractivity contribution in [1.29, 1.82) is 0 Å². The molecular formula is C18H26N4S. The smallest absolute Gasteiger partial charge is 0.191 e. The minimum atomic E-state index is 0.683. The average molecular weight is 331 g/mol. The molecule has 23 heavy (non-hydrogen) atoms. The monoisotopic (exact) mass is 330 g/mol. The number of aryl methyl sites for hydroxylation is 4. The molecule has 0 saturated carbocycles. The van der Waals surface area contributed by atoms with Crippen LogP contribution in [0.4, 0.5) is 0 Å². The van der Waals surface area contributed by atoms with Gasteiger partial charge in [0.25, 0.3) is 0 Å². The van der Waals surface area contributed by atoms with Crippen LogP contribution in [0, 0.1) is 27.7 Å². The lowest BCUT2D eigenvalue weighted by atomic mass is 10.1. The molecule has 0 radical (unpaired) electrons. The Balaban J connectivity index is 2.03. The molecule has 2 N–H and O–H groups in total. The molecule has 0 aliphatic rings. The van der Waals surface area contributed by atoms with Gasteiger partial charge in [0.05, 0.1) is 23.8 Å². The SMILES string of the molecule is CCNC(=NCc1ccc(C)cc1C)NCc1sc(C)nc1C. The highest BCUT2D eigenvalue weighted by Crippen LogP contribution is 2.16. The third-order valence-corrected chi connectivity index (χ3v) is 4.74. The second-order valence-corrected chi connectivity index (χ2v) is 7.01. The number of hydrogen-bond acceptors (Lipinski definition) is 3. The molecule has 0 saturated heterocycles. The molecule has 0 amide bonds. The van der Waals surface area contributed by atoms with Gasteiger partial charge in [0.1, 0.15) is 0 Å². The zero-order valence-corrected chi connectivity index (χ0v) is 15.5. The van der Waals surface area contributed by atoms with E-state index in [0.29, 0.717) is 6.54 Å². The largest absolute Gasteiger partial charge is 0.357 e. The number of guanidine groups is 1. The lowest BCUT2D eigenvalue weighted by Crippen LogP contribution is -2.36. The van der Waals surface area contributed by atoms with Gasteiger partial charge in [-0.3, -0.25) is 0 Å². The molecule has 5 heteroatoms. The molecule has 0 fully saturated rings. The second-order valence-electron chi connectivity index (χ2n) is 5.72. The molecule has 0 spiro atoms. The maximum atomic E-state index is 4.70. The first-order valence-corrected chi connectivity index (χ1v) is 8.82. The summed E-state index contributed by atoms with van der Waals surface area (Å²) < 4.78 is 0. The van der Waals surface area contributed by atoms with Crippen molar-refractivity contribution < 1.29 is 0 Å². The summed E-state index contributed by atoms with van der Waals surface area (Å²) in [4.78, 5) is 10.4. The van der Waals surface area contributed by atoms with E-state index in [1.807, 2.05) is 6.92 Å². The Bertz CT molecular complexity index is 688. The van der Waals surface area contributed by atoms with Gasteiger partial charge in [0.15, 0.2) is 5.96 Å². The Labute approximate surface area is 143 Å². The molecule has 124 valence electrons. The van der Waals surface area contributed by atoms with Gasteiger partial charge in [-0.1, -0.05) is 23.8 Å². The Kier molecular flexibility index (Phi) is 6.16. The van der Waals surface area contributed by atoms with E-state index >= 15 is 0 Å². The lowest BCUT2D eigenvalue weighted by Gasteiger charge is -2.11. The van der Waals surface area contributed by atoms with Gasteiger partial charge < -0.3 is 10.6 Å². The number of rotatable bonds is 5. The van der Waals surface area contributed by atoms with E-state index < -0.39 is 0 Å². The average Bonchev–Trinajstić information content (AvgIpc) is 2.81. The molecule has 2 aromatic rings. The highest BCUT2D eigenvalue weighted by atomic mass is 32.1. The molecule has 1 heterocycles. The van der Waals surface area contributed by atoms with Crippen molar-refractivity contribution >= 4 is 17.3 Å². The minimum absolute atomic E-state index is 0.683. The maximum absolute atomic E-state index is 4.70. The molecular weight excluding hydrogens is 304 g/mol. The normalized spacial score (nSPS) is 11.6. The summed E-state index contributed by atoms with van der Waals surface area (Å²) in [5.41, 5.74) is 4.94. The predicted molar refractivity (Wildman–Crippen MR) is 99.2 cm³/mol. The van der Waals surface area contributed by atoms with E-state index in [1.54, 1.807) is 11.3 Å². The molecule has 1 aromatic carbocycles. The van der Waals surface area contributed by atoms with Crippen molar-refractivity contribution in [2.75, 3.05) is 6.54 Å². The van der Waals surface area contributed by atoms with Crippen LogP contribution in [0.3, 0.4) is 0 Å². The first kappa shape index (κ1) is 17.5. The molecule has 2 rings (SSSR count). The van der Waals surface area contributed by atoms with Gasteiger partial charge in [0.2, 0.25) is 0 Å². The van der Waals surface area contributed by atoms with Crippen LogP contribution in [0.5, 0.6) is 0 Å². The number of aromatic nitrogens is 1. The van der Waals surface area contributed by atoms with Crippen LogP contribution in [0.2, 0.25) is 0 Å². The standard InChI is InChI=1S/C18H26N4S/c1-6-19-18(21-11-17-14(4)22-15(5)23-17)20-10-16-8-7-12(2)9-13(16)3/h7-9H,6,10-11H2,1-5H3,(H2,19,20,21). The Morgan fingerprint density at radius 1 is 1.17 bits per heavy atom.